The monoisotopic (exact) mass is 1050 g/mol. The van der Waals surface area contributed by atoms with E-state index in [0.717, 1.165) is 49.4 Å². The summed E-state index contributed by atoms with van der Waals surface area (Å²) in [6.45, 7) is 19.8. The van der Waals surface area contributed by atoms with E-state index in [9.17, 15) is 55.9 Å². The van der Waals surface area contributed by atoms with Crippen LogP contribution >= 0.6 is 0 Å². The number of aliphatic hydroxyl groups excluding tert-OH is 10. The molecule has 0 bridgehead atoms. The van der Waals surface area contributed by atoms with Crippen molar-refractivity contribution in [2.75, 3.05) is 0 Å². The van der Waals surface area contributed by atoms with Crippen LogP contribution in [0.5, 0.6) is 0 Å². The lowest BCUT2D eigenvalue weighted by molar-refractivity contribution is -0.168. The molecular weight excluding hydrogens is 949 g/mol. The predicted octanol–water partition coefficient (Wildman–Crippen LogP) is 9.22. The first kappa shape index (κ1) is 64.5. The zero-order valence-electron chi connectivity index (χ0n) is 47.2. The van der Waals surface area contributed by atoms with Crippen molar-refractivity contribution in [1.29, 1.82) is 0 Å². The smallest absolute Gasteiger partial charge is 0.314 e. The zero-order chi connectivity index (χ0) is 55.6. The lowest BCUT2D eigenvalue weighted by Gasteiger charge is -2.55. The zero-order valence-corrected chi connectivity index (χ0v) is 47.2. The maximum Gasteiger partial charge on any atom is 0.314 e. The fraction of sp³-hybridized carbons (Fsp3) is 0.730. The highest BCUT2D eigenvalue weighted by Crippen LogP contribution is 2.66. The minimum absolute atomic E-state index is 0.0162. The van der Waals surface area contributed by atoms with Crippen molar-refractivity contribution >= 4 is 5.97 Å². The van der Waals surface area contributed by atoms with Crippen LogP contribution in [0, 0.1) is 52.3 Å². The summed E-state index contributed by atoms with van der Waals surface area (Å²) in [6, 6.07) is 0. The number of allylic oxidation sites excluding steroid dienone is 13. The van der Waals surface area contributed by atoms with Gasteiger partial charge in [-0.05, 0) is 143 Å². The highest BCUT2D eigenvalue weighted by Gasteiger charge is 2.57. The van der Waals surface area contributed by atoms with Gasteiger partial charge in [-0.25, -0.2) is 0 Å². The number of rotatable bonds is 9. The van der Waals surface area contributed by atoms with Crippen LogP contribution in [0.25, 0.3) is 0 Å². The van der Waals surface area contributed by atoms with Crippen molar-refractivity contribution in [3.63, 3.8) is 0 Å². The van der Waals surface area contributed by atoms with Crippen molar-refractivity contribution in [3.8, 4) is 0 Å². The summed E-state index contributed by atoms with van der Waals surface area (Å²) in [5.41, 5.74) is 4.68. The number of unbranched alkanes of at least 4 members (excludes halogenated alkanes) is 2. The van der Waals surface area contributed by atoms with Crippen LogP contribution in [0.2, 0.25) is 0 Å². The number of ether oxygens (including phenoxy) is 1. The van der Waals surface area contributed by atoms with E-state index in [1.807, 2.05) is 6.92 Å². The molecule has 0 amide bonds. The number of fused-ring (bicyclic) bond motifs is 5. The molecule has 75 heavy (non-hydrogen) atoms. The first-order valence-corrected chi connectivity index (χ1v) is 28.9. The highest BCUT2D eigenvalue weighted by atomic mass is 16.6. The molecule has 12 heteroatoms. The average Bonchev–Trinajstić information content (AvgIpc) is 3.69. The average molecular weight is 1050 g/mol. The first-order chi connectivity index (χ1) is 35.4. The normalized spacial score (nSPS) is 40.7. The molecule has 0 aromatic heterocycles. The van der Waals surface area contributed by atoms with E-state index in [2.05, 4.69) is 65.8 Å². The molecule has 10 N–H and O–H groups in total. The molecule has 4 aliphatic carbocycles. The molecular formula is C63H102O12. The van der Waals surface area contributed by atoms with Crippen LogP contribution in [0.4, 0.5) is 0 Å². The highest BCUT2D eigenvalue weighted by molar-refractivity contribution is 5.74. The lowest BCUT2D eigenvalue weighted by atomic mass is 9.50. The van der Waals surface area contributed by atoms with Gasteiger partial charge >= 0.3 is 5.97 Å². The molecule has 3 saturated carbocycles. The molecule has 0 aromatic rings. The van der Waals surface area contributed by atoms with Gasteiger partial charge in [-0.3, -0.25) is 4.79 Å². The molecule has 5 rings (SSSR count). The van der Waals surface area contributed by atoms with E-state index in [-0.39, 0.29) is 51.0 Å². The van der Waals surface area contributed by atoms with Gasteiger partial charge in [0.05, 0.1) is 54.9 Å². The van der Waals surface area contributed by atoms with Crippen LogP contribution in [0.15, 0.2) is 95.7 Å². The predicted molar refractivity (Wildman–Crippen MR) is 299 cm³/mol. The van der Waals surface area contributed by atoms with Crippen molar-refractivity contribution in [2.24, 2.45) is 52.3 Å². The van der Waals surface area contributed by atoms with Gasteiger partial charge < -0.3 is 55.8 Å². The van der Waals surface area contributed by atoms with Crippen molar-refractivity contribution in [3.05, 3.63) is 95.7 Å². The van der Waals surface area contributed by atoms with Crippen LogP contribution in [-0.4, -0.2) is 124 Å². The van der Waals surface area contributed by atoms with Gasteiger partial charge in [-0.1, -0.05) is 158 Å². The third-order valence-corrected chi connectivity index (χ3v) is 18.1. The van der Waals surface area contributed by atoms with Crippen LogP contribution in [0.1, 0.15) is 171 Å². The van der Waals surface area contributed by atoms with E-state index in [1.165, 1.54) is 50.7 Å². The van der Waals surface area contributed by atoms with E-state index in [4.69, 9.17) is 4.74 Å². The minimum atomic E-state index is -1.52. The second-order valence-electron chi connectivity index (χ2n) is 24.3. The molecule has 12 nitrogen and oxygen atoms in total. The molecule has 426 valence electrons. The lowest BCUT2D eigenvalue weighted by Crippen LogP contribution is -2.46. The molecule has 0 radical (unpaired) electrons. The van der Waals surface area contributed by atoms with Gasteiger partial charge in [-0.15, -0.1) is 0 Å². The molecule has 11 unspecified atom stereocenters. The van der Waals surface area contributed by atoms with Crippen molar-refractivity contribution in [2.45, 2.75) is 239 Å². The molecule has 0 spiro atoms. The van der Waals surface area contributed by atoms with Gasteiger partial charge in [0.15, 0.2) is 0 Å². The molecule has 3 fully saturated rings. The quantitative estimate of drug-likeness (QED) is 0.0592. The molecule has 1 heterocycles. The molecule has 1 aliphatic heterocycles. The summed E-state index contributed by atoms with van der Waals surface area (Å²) in [5.74, 6) is 2.05. The van der Waals surface area contributed by atoms with E-state index < -0.39 is 72.9 Å². The summed E-state index contributed by atoms with van der Waals surface area (Å²) >= 11 is 0. The summed E-state index contributed by atoms with van der Waals surface area (Å²) in [7, 11) is 0. The number of aliphatic hydroxyl groups is 10. The Balaban J connectivity index is 0.000000356. The Morgan fingerprint density at radius 3 is 1.87 bits per heavy atom. The van der Waals surface area contributed by atoms with Crippen LogP contribution in [0.3, 0.4) is 0 Å². The number of esters is 1. The van der Waals surface area contributed by atoms with Gasteiger partial charge in [0.25, 0.3) is 0 Å². The van der Waals surface area contributed by atoms with Crippen LogP contribution in [-0.2, 0) is 9.53 Å². The SMILES string of the molecule is CC(C)[C@@H](C)/C=C/[C@@H](C)[C@H]1CC[C@H]2C3=CC=C4C[C@@H](O)CC[C@]4(C)[C@H]3CC[C@]12C.CCCCCC(O)C1C(=O)OC(C)C(O)/C=C/C=C/C=C/C=C/C=C(\C)C(O)CC(O)CC(O)CC(O)CC(O)CC(O)CC1O. The second kappa shape index (κ2) is 31.0. The largest absolute Gasteiger partial charge is 0.459 e. The first-order valence-electron chi connectivity index (χ1n) is 28.9. The van der Waals surface area contributed by atoms with Crippen molar-refractivity contribution < 1.29 is 60.6 Å². The van der Waals surface area contributed by atoms with Gasteiger partial charge in [0.2, 0.25) is 0 Å². The summed E-state index contributed by atoms with van der Waals surface area (Å²) < 4.78 is 5.42. The van der Waals surface area contributed by atoms with Gasteiger partial charge in [0.1, 0.15) is 18.1 Å². The van der Waals surface area contributed by atoms with E-state index >= 15 is 0 Å². The van der Waals surface area contributed by atoms with Gasteiger partial charge in [-0.2, -0.15) is 0 Å². The molecule has 5 aliphatic rings. The Morgan fingerprint density at radius 2 is 1.25 bits per heavy atom. The van der Waals surface area contributed by atoms with E-state index in [0.29, 0.717) is 34.7 Å². The fourth-order valence-electron chi connectivity index (χ4n) is 12.9. The molecule has 0 saturated heterocycles. The Morgan fingerprint density at radius 1 is 0.667 bits per heavy atom. The van der Waals surface area contributed by atoms with Crippen molar-refractivity contribution in [1.82, 2.24) is 0 Å². The Kier molecular flexibility index (Phi) is 26.6. The Labute approximate surface area is 451 Å². The summed E-state index contributed by atoms with van der Waals surface area (Å²) in [6.07, 6.45) is 23.1. The van der Waals surface area contributed by atoms with Gasteiger partial charge in [0, 0.05) is 12.8 Å². The third-order valence-electron chi connectivity index (χ3n) is 18.1. The fourth-order valence-corrected chi connectivity index (χ4v) is 12.9. The maximum absolute atomic E-state index is 13.1. The number of carbonyl (C=O) groups excluding carboxylic acids is 1. The number of cyclic esters (lactones) is 1. The second-order valence-corrected chi connectivity index (χ2v) is 24.3. The number of carbonyl (C=O) groups is 1. The third kappa shape index (κ3) is 19.1. The topological polar surface area (TPSA) is 229 Å². The minimum Gasteiger partial charge on any atom is -0.459 e. The summed E-state index contributed by atoms with van der Waals surface area (Å²) in [4.78, 5) is 13.1. The maximum atomic E-state index is 13.1. The van der Waals surface area contributed by atoms with E-state index in [1.54, 1.807) is 61.1 Å². The van der Waals surface area contributed by atoms with Crippen LogP contribution < -0.4 is 0 Å². The number of hydrogen-bond acceptors (Lipinski definition) is 12. The standard InChI is InChI=1S/C35H58O11.C28H44O/c1-4-5-11-16-31(42)34-33(44)22-29(40)20-27(38)18-25(36)17-26(37)19-28(39)21-32(43)23(2)14-12-9-7-6-8-10-13-15-30(41)24(3)46-35(34)45;1-18(2)19(3)7-8-20(4)24-11-12-25-23-10-9-21-17-22(29)13-15-27(21,5)26(23)14-16-28(24,25)6/h6-10,12-15,24-34,36-44H,4-5,11,16-22H2,1-3H3;7-10,18-20,22,24-26,29H,11-17H2,1-6H3/b7-6+,10-8+,12-9+,15-13+,23-14+;8-7+/t;19-,20+,22-,24+,25-,26-,27-,28+/m.0/s1. The Hall–Kier alpha value is -3.01. The Bertz CT molecular complexity index is 1980. The summed E-state index contributed by atoms with van der Waals surface area (Å²) in [5, 5.41) is 105. The number of hydrogen-bond donors (Lipinski definition) is 10. The molecule has 0 aromatic carbocycles. The molecule has 19 atom stereocenters.